The van der Waals surface area contributed by atoms with Crippen molar-refractivity contribution in [1.82, 2.24) is 4.98 Å². The van der Waals surface area contributed by atoms with Gasteiger partial charge in [-0.15, -0.1) is 0 Å². The highest BCUT2D eigenvalue weighted by molar-refractivity contribution is 5.93. The van der Waals surface area contributed by atoms with Crippen LogP contribution in [0.2, 0.25) is 0 Å². The van der Waals surface area contributed by atoms with Crippen LogP contribution in [0.25, 0.3) is 0 Å². The zero-order chi connectivity index (χ0) is 17.1. The minimum absolute atomic E-state index is 0.232. The Bertz CT molecular complexity index is 734. The Balaban J connectivity index is 1.80. The van der Waals surface area contributed by atoms with Gasteiger partial charge in [0.25, 0.3) is 0 Å². The maximum Gasteiger partial charge on any atom is 0.339 e. The molecule has 0 aliphatic carbocycles. The fourth-order valence-electron chi connectivity index (χ4n) is 2.99. The highest BCUT2D eigenvalue weighted by Crippen LogP contribution is 2.22. The third-order valence-corrected chi connectivity index (χ3v) is 4.23. The van der Waals surface area contributed by atoms with Gasteiger partial charge in [0.1, 0.15) is 17.2 Å². The molecule has 24 heavy (non-hydrogen) atoms. The number of nitrogens with zero attached hydrogens (tertiary/aromatic N) is 3. The van der Waals surface area contributed by atoms with Crippen molar-refractivity contribution in [3.8, 4) is 0 Å². The lowest BCUT2D eigenvalue weighted by Crippen LogP contribution is -2.32. The van der Waals surface area contributed by atoms with E-state index in [2.05, 4.69) is 9.88 Å². The van der Waals surface area contributed by atoms with Crippen LogP contribution in [0.1, 0.15) is 22.5 Å². The Labute approximate surface area is 140 Å². The predicted molar refractivity (Wildman–Crippen MR) is 91.4 cm³/mol. The molecule has 1 N–H and O–H groups in total. The van der Waals surface area contributed by atoms with Gasteiger partial charge in [-0.2, -0.15) is 0 Å². The third kappa shape index (κ3) is 3.48. The van der Waals surface area contributed by atoms with Crippen LogP contribution in [-0.4, -0.2) is 42.2 Å². The standard InChI is InChI=1S/C18H20FN3O2/c1-13-3-8-16(18(23)24)17(20-13)22-10-2-9-21(11-12-22)15-6-4-14(19)5-7-15/h3-8H,2,9-12H2,1H3,(H,23,24). The molecule has 6 heteroatoms. The Kier molecular flexibility index (Phi) is 4.64. The third-order valence-electron chi connectivity index (χ3n) is 4.23. The van der Waals surface area contributed by atoms with Crippen LogP contribution in [-0.2, 0) is 0 Å². The normalized spacial score (nSPS) is 15.2. The first-order valence-corrected chi connectivity index (χ1v) is 8.01. The zero-order valence-electron chi connectivity index (χ0n) is 13.6. The number of carboxylic acid groups (broad SMARTS) is 1. The van der Waals surface area contributed by atoms with E-state index in [4.69, 9.17) is 0 Å². The second-order valence-corrected chi connectivity index (χ2v) is 5.93. The first-order valence-electron chi connectivity index (χ1n) is 8.01. The summed E-state index contributed by atoms with van der Waals surface area (Å²) in [5.74, 6) is -0.675. The molecule has 0 spiro atoms. The molecule has 0 unspecified atom stereocenters. The Morgan fingerprint density at radius 1 is 1.04 bits per heavy atom. The number of anilines is 2. The number of aryl methyl sites for hydroxylation is 1. The number of rotatable bonds is 3. The maximum absolute atomic E-state index is 13.1. The van der Waals surface area contributed by atoms with Crippen LogP contribution in [0.5, 0.6) is 0 Å². The summed E-state index contributed by atoms with van der Waals surface area (Å²) in [5.41, 5.74) is 2.01. The minimum Gasteiger partial charge on any atom is -0.478 e. The number of aromatic carboxylic acids is 1. The fourth-order valence-corrected chi connectivity index (χ4v) is 2.99. The van der Waals surface area contributed by atoms with Crippen LogP contribution in [0.3, 0.4) is 0 Å². The van der Waals surface area contributed by atoms with Crippen molar-refractivity contribution in [1.29, 1.82) is 0 Å². The van der Waals surface area contributed by atoms with Gasteiger partial charge in [-0.05, 0) is 49.7 Å². The van der Waals surface area contributed by atoms with Gasteiger partial charge < -0.3 is 14.9 Å². The number of aromatic nitrogens is 1. The number of hydrogen-bond acceptors (Lipinski definition) is 4. The van der Waals surface area contributed by atoms with E-state index in [0.717, 1.165) is 37.4 Å². The topological polar surface area (TPSA) is 56.7 Å². The average molecular weight is 329 g/mol. The van der Waals surface area contributed by atoms with Crippen molar-refractivity contribution in [2.75, 3.05) is 36.0 Å². The summed E-state index contributed by atoms with van der Waals surface area (Å²) in [6.45, 7) is 4.86. The van der Waals surface area contributed by atoms with Crippen molar-refractivity contribution in [2.24, 2.45) is 0 Å². The van der Waals surface area contributed by atoms with Crippen LogP contribution in [0.15, 0.2) is 36.4 Å². The quantitative estimate of drug-likeness (QED) is 0.938. The predicted octanol–water partition coefficient (Wildman–Crippen LogP) is 2.94. The van der Waals surface area contributed by atoms with E-state index in [1.807, 2.05) is 11.8 Å². The van der Waals surface area contributed by atoms with Gasteiger partial charge in [0.15, 0.2) is 0 Å². The van der Waals surface area contributed by atoms with E-state index in [1.54, 1.807) is 24.3 Å². The van der Waals surface area contributed by atoms with Gasteiger partial charge >= 0.3 is 5.97 Å². The van der Waals surface area contributed by atoms with Crippen LogP contribution in [0, 0.1) is 12.7 Å². The van der Waals surface area contributed by atoms with E-state index >= 15 is 0 Å². The van der Waals surface area contributed by atoms with Crippen molar-refractivity contribution in [2.45, 2.75) is 13.3 Å². The molecule has 0 saturated carbocycles. The molecule has 2 aromatic rings. The summed E-state index contributed by atoms with van der Waals surface area (Å²) < 4.78 is 13.1. The number of benzene rings is 1. The lowest BCUT2D eigenvalue weighted by Gasteiger charge is -2.25. The van der Waals surface area contributed by atoms with E-state index in [0.29, 0.717) is 12.4 Å². The summed E-state index contributed by atoms with van der Waals surface area (Å²) >= 11 is 0. The number of halogens is 1. The van der Waals surface area contributed by atoms with E-state index in [1.165, 1.54) is 12.1 Å². The van der Waals surface area contributed by atoms with E-state index < -0.39 is 5.97 Å². The average Bonchev–Trinajstić information content (AvgIpc) is 2.81. The minimum atomic E-state index is -0.961. The van der Waals surface area contributed by atoms with Gasteiger partial charge in [-0.3, -0.25) is 0 Å². The monoisotopic (exact) mass is 329 g/mol. The summed E-state index contributed by atoms with van der Waals surface area (Å²) in [4.78, 5) is 20.1. The highest BCUT2D eigenvalue weighted by atomic mass is 19.1. The molecule has 1 fully saturated rings. The molecule has 0 atom stereocenters. The molecule has 1 aromatic carbocycles. The lowest BCUT2D eigenvalue weighted by atomic mass is 10.2. The molecule has 5 nitrogen and oxygen atoms in total. The number of hydrogen-bond donors (Lipinski definition) is 1. The molecule has 126 valence electrons. The van der Waals surface area contributed by atoms with E-state index in [9.17, 15) is 14.3 Å². The van der Waals surface area contributed by atoms with Crippen molar-refractivity contribution >= 4 is 17.5 Å². The smallest absolute Gasteiger partial charge is 0.339 e. The van der Waals surface area contributed by atoms with Crippen LogP contribution >= 0.6 is 0 Å². The number of pyridine rings is 1. The van der Waals surface area contributed by atoms with Crippen LogP contribution in [0.4, 0.5) is 15.9 Å². The highest BCUT2D eigenvalue weighted by Gasteiger charge is 2.21. The number of carboxylic acids is 1. The van der Waals surface area contributed by atoms with Gasteiger partial charge in [-0.1, -0.05) is 0 Å². The SMILES string of the molecule is Cc1ccc(C(=O)O)c(N2CCCN(c3ccc(F)cc3)CC2)n1. The van der Waals surface area contributed by atoms with Gasteiger partial charge in [0, 0.05) is 37.6 Å². The molecule has 1 aliphatic heterocycles. The number of carbonyl (C=O) groups is 1. The van der Waals surface area contributed by atoms with Gasteiger partial charge in [0.2, 0.25) is 0 Å². The van der Waals surface area contributed by atoms with Gasteiger partial charge in [-0.25, -0.2) is 14.2 Å². The summed E-state index contributed by atoms with van der Waals surface area (Å²) in [7, 11) is 0. The molecule has 0 radical (unpaired) electrons. The Morgan fingerprint density at radius 2 is 1.71 bits per heavy atom. The molecule has 1 aromatic heterocycles. The van der Waals surface area contributed by atoms with Gasteiger partial charge in [0.05, 0.1) is 0 Å². The fraction of sp³-hybridized carbons (Fsp3) is 0.333. The maximum atomic E-state index is 13.1. The first kappa shape index (κ1) is 16.2. The molecule has 1 aliphatic rings. The largest absolute Gasteiger partial charge is 0.478 e. The molecular weight excluding hydrogens is 309 g/mol. The second-order valence-electron chi connectivity index (χ2n) is 5.93. The zero-order valence-corrected chi connectivity index (χ0v) is 13.6. The molecular formula is C18H20FN3O2. The molecule has 0 bridgehead atoms. The molecule has 3 rings (SSSR count). The molecule has 1 saturated heterocycles. The van der Waals surface area contributed by atoms with E-state index in [-0.39, 0.29) is 11.4 Å². The summed E-state index contributed by atoms with van der Waals surface area (Å²) in [6, 6.07) is 9.81. The lowest BCUT2D eigenvalue weighted by molar-refractivity contribution is 0.0697. The van der Waals surface area contributed by atoms with Crippen LogP contribution < -0.4 is 9.80 Å². The van der Waals surface area contributed by atoms with Crippen molar-refractivity contribution in [3.05, 3.63) is 53.5 Å². The Morgan fingerprint density at radius 3 is 2.42 bits per heavy atom. The second kappa shape index (κ2) is 6.86. The molecule has 0 amide bonds. The van der Waals surface area contributed by atoms with Crippen molar-refractivity contribution in [3.63, 3.8) is 0 Å². The Hall–Kier alpha value is -2.63. The summed E-state index contributed by atoms with van der Waals surface area (Å²) in [6.07, 6.45) is 0.881. The first-order chi connectivity index (χ1) is 11.5. The molecule has 2 heterocycles. The van der Waals surface area contributed by atoms with Crippen molar-refractivity contribution < 1.29 is 14.3 Å². The summed E-state index contributed by atoms with van der Waals surface area (Å²) in [5, 5.41) is 9.40.